The van der Waals surface area contributed by atoms with Crippen molar-refractivity contribution in [3.8, 4) is 0 Å². The summed E-state index contributed by atoms with van der Waals surface area (Å²) < 4.78 is 17.2. The molecule has 0 atom stereocenters. The Morgan fingerprint density at radius 3 is 2.65 bits per heavy atom. The van der Waals surface area contributed by atoms with E-state index in [1.807, 2.05) is 0 Å². The number of rotatable bonds is 3. The van der Waals surface area contributed by atoms with Crippen LogP contribution in [0.2, 0.25) is 0 Å². The summed E-state index contributed by atoms with van der Waals surface area (Å²) in [4.78, 5) is 24.0. The van der Waals surface area contributed by atoms with Crippen LogP contribution >= 0.6 is 0 Å². The van der Waals surface area contributed by atoms with Crippen molar-refractivity contribution >= 4 is 17.6 Å². The molecule has 1 amide bonds. The summed E-state index contributed by atoms with van der Waals surface area (Å²) in [6, 6.07) is 3.47. The predicted molar refractivity (Wildman–Crippen MR) is 59.8 cm³/mol. The van der Waals surface area contributed by atoms with E-state index in [1.54, 1.807) is 0 Å². The molecule has 0 aliphatic heterocycles. The standard InChI is InChI=1S/C11H13FN2O3/c1-14(6-10(15)17-2)11(16)8-4-3-7(12)5-9(8)13/h3-5H,6,13H2,1-2H3. The first-order valence-electron chi connectivity index (χ1n) is 4.83. The van der Waals surface area contributed by atoms with E-state index in [0.29, 0.717) is 0 Å². The first-order valence-corrected chi connectivity index (χ1v) is 4.83. The molecule has 0 radical (unpaired) electrons. The maximum Gasteiger partial charge on any atom is 0.325 e. The molecule has 0 spiro atoms. The van der Waals surface area contributed by atoms with E-state index in [-0.39, 0.29) is 17.8 Å². The van der Waals surface area contributed by atoms with Gasteiger partial charge in [0.25, 0.3) is 5.91 Å². The van der Waals surface area contributed by atoms with E-state index in [1.165, 1.54) is 20.2 Å². The summed E-state index contributed by atoms with van der Waals surface area (Å²) >= 11 is 0. The number of carbonyl (C=O) groups excluding carboxylic acids is 2. The minimum Gasteiger partial charge on any atom is -0.468 e. The average Bonchev–Trinajstić information content (AvgIpc) is 2.28. The highest BCUT2D eigenvalue weighted by atomic mass is 19.1. The molecule has 0 aliphatic carbocycles. The fourth-order valence-corrected chi connectivity index (χ4v) is 1.26. The van der Waals surface area contributed by atoms with E-state index < -0.39 is 17.7 Å². The van der Waals surface area contributed by atoms with Crippen LogP contribution in [0.25, 0.3) is 0 Å². The second-order valence-corrected chi connectivity index (χ2v) is 3.47. The van der Waals surface area contributed by atoms with Gasteiger partial charge < -0.3 is 15.4 Å². The number of benzene rings is 1. The Bertz CT molecular complexity index is 448. The van der Waals surface area contributed by atoms with E-state index >= 15 is 0 Å². The van der Waals surface area contributed by atoms with Crippen molar-refractivity contribution in [3.05, 3.63) is 29.6 Å². The van der Waals surface area contributed by atoms with Gasteiger partial charge in [-0.25, -0.2) is 4.39 Å². The van der Waals surface area contributed by atoms with Crippen molar-refractivity contribution in [2.45, 2.75) is 0 Å². The van der Waals surface area contributed by atoms with E-state index in [0.717, 1.165) is 17.0 Å². The minimum atomic E-state index is -0.540. The molecule has 0 saturated carbocycles. The van der Waals surface area contributed by atoms with Crippen LogP contribution in [0, 0.1) is 5.82 Å². The lowest BCUT2D eigenvalue weighted by Gasteiger charge is -2.16. The van der Waals surface area contributed by atoms with Gasteiger partial charge in [-0.05, 0) is 18.2 Å². The maximum atomic E-state index is 12.8. The zero-order chi connectivity index (χ0) is 13.0. The molecule has 0 unspecified atom stereocenters. The van der Waals surface area contributed by atoms with Gasteiger partial charge in [-0.2, -0.15) is 0 Å². The van der Waals surface area contributed by atoms with E-state index in [9.17, 15) is 14.0 Å². The Labute approximate surface area is 98.0 Å². The number of nitrogen functional groups attached to an aromatic ring is 1. The van der Waals surface area contributed by atoms with Gasteiger partial charge in [0.05, 0.1) is 12.7 Å². The lowest BCUT2D eigenvalue weighted by molar-refractivity contribution is -0.141. The van der Waals surface area contributed by atoms with Crippen LogP contribution in [0.1, 0.15) is 10.4 Å². The SMILES string of the molecule is COC(=O)CN(C)C(=O)c1ccc(F)cc1N. The molecule has 92 valence electrons. The molecule has 1 aromatic rings. The maximum absolute atomic E-state index is 12.8. The van der Waals surface area contributed by atoms with E-state index in [4.69, 9.17) is 5.73 Å². The Balaban J connectivity index is 2.85. The number of nitrogens with zero attached hydrogens (tertiary/aromatic N) is 1. The fourth-order valence-electron chi connectivity index (χ4n) is 1.26. The zero-order valence-corrected chi connectivity index (χ0v) is 9.57. The van der Waals surface area contributed by atoms with Crippen molar-refractivity contribution < 1.29 is 18.7 Å². The Morgan fingerprint density at radius 2 is 2.12 bits per heavy atom. The van der Waals surface area contributed by atoms with Crippen LogP contribution in [-0.4, -0.2) is 37.5 Å². The van der Waals surface area contributed by atoms with Gasteiger partial charge in [-0.3, -0.25) is 9.59 Å². The number of likely N-dealkylation sites (N-methyl/N-ethyl adjacent to an activating group) is 1. The highest BCUT2D eigenvalue weighted by molar-refractivity contribution is 6.00. The number of ether oxygens (including phenoxy) is 1. The van der Waals surface area contributed by atoms with Gasteiger partial charge in [0.1, 0.15) is 12.4 Å². The smallest absolute Gasteiger partial charge is 0.325 e. The zero-order valence-electron chi connectivity index (χ0n) is 9.57. The number of esters is 1. The Morgan fingerprint density at radius 1 is 1.47 bits per heavy atom. The number of carbonyl (C=O) groups is 2. The molecule has 2 N–H and O–H groups in total. The first-order chi connectivity index (χ1) is 7.95. The van der Waals surface area contributed by atoms with Crippen LogP contribution in [0.4, 0.5) is 10.1 Å². The van der Waals surface area contributed by atoms with Gasteiger partial charge in [0.15, 0.2) is 0 Å². The number of hydrogen-bond acceptors (Lipinski definition) is 4. The van der Waals surface area contributed by atoms with E-state index in [2.05, 4.69) is 4.74 Å². The molecule has 0 aliphatic rings. The van der Waals surface area contributed by atoms with Crippen LogP contribution in [-0.2, 0) is 9.53 Å². The average molecular weight is 240 g/mol. The highest BCUT2D eigenvalue weighted by Gasteiger charge is 2.17. The fraction of sp³-hybridized carbons (Fsp3) is 0.273. The van der Waals surface area contributed by atoms with Crippen LogP contribution in [0.15, 0.2) is 18.2 Å². The third-order valence-corrected chi connectivity index (χ3v) is 2.18. The minimum absolute atomic E-state index is 0.0340. The number of nitrogens with two attached hydrogens (primary N) is 1. The van der Waals surface area contributed by atoms with Gasteiger partial charge in [0.2, 0.25) is 0 Å². The topological polar surface area (TPSA) is 72.6 Å². The van der Waals surface area contributed by atoms with Gasteiger partial charge in [-0.1, -0.05) is 0 Å². The second kappa shape index (κ2) is 5.29. The van der Waals surface area contributed by atoms with Gasteiger partial charge in [-0.15, -0.1) is 0 Å². The summed E-state index contributed by atoms with van der Waals surface area (Å²) in [5.74, 6) is -1.52. The predicted octanol–water partition coefficient (Wildman–Crippen LogP) is 0.653. The molecule has 0 heterocycles. The number of amides is 1. The molecular formula is C11H13FN2O3. The molecule has 1 aromatic carbocycles. The summed E-state index contributed by atoms with van der Waals surface area (Å²) in [5, 5.41) is 0. The number of methoxy groups -OCH3 is 1. The normalized spacial score (nSPS) is 9.82. The molecule has 5 nitrogen and oxygen atoms in total. The third-order valence-electron chi connectivity index (χ3n) is 2.18. The Kier molecular flexibility index (Phi) is 4.03. The van der Waals surface area contributed by atoms with Crippen LogP contribution in [0.5, 0.6) is 0 Å². The first kappa shape index (κ1) is 13.0. The lowest BCUT2D eigenvalue weighted by atomic mass is 10.1. The summed E-state index contributed by atoms with van der Waals surface area (Å²) in [5.41, 5.74) is 5.70. The molecule has 0 bridgehead atoms. The molecule has 0 aromatic heterocycles. The molecule has 6 heteroatoms. The van der Waals surface area contributed by atoms with Crippen LogP contribution < -0.4 is 5.73 Å². The number of anilines is 1. The van der Waals surface area contributed by atoms with Crippen LogP contribution in [0.3, 0.4) is 0 Å². The Hall–Kier alpha value is -2.11. The largest absolute Gasteiger partial charge is 0.468 e. The van der Waals surface area contributed by atoms with Crippen molar-refractivity contribution in [3.63, 3.8) is 0 Å². The van der Waals surface area contributed by atoms with Crippen molar-refractivity contribution in [2.24, 2.45) is 0 Å². The summed E-state index contributed by atoms with van der Waals surface area (Å²) in [6.45, 7) is -0.188. The number of halogens is 1. The molecule has 0 saturated heterocycles. The molecule has 17 heavy (non-hydrogen) atoms. The van der Waals surface area contributed by atoms with Gasteiger partial charge in [0, 0.05) is 12.7 Å². The monoisotopic (exact) mass is 240 g/mol. The molecule has 1 rings (SSSR count). The third kappa shape index (κ3) is 3.17. The second-order valence-electron chi connectivity index (χ2n) is 3.47. The van der Waals surface area contributed by atoms with Gasteiger partial charge >= 0.3 is 5.97 Å². The lowest BCUT2D eigenvalue weighted by Crippen LogP contribution is -2.33. The van der Waals surface area contributed by atoms with Crippen molar-refractivity contribution in [2.75, 3.05) is 26.4 Å². The summed E-state index contributed by atoms with van der Waals surface area (Å²) in [7, 11) is 2.66. The molecule has 0 fully saturated rings. The summed E-state index contributed by atoms with van der Waals surface area (Å²) in [6.07, 6.45) is 0. The van der Waals surface area contributed by atoms with Crippen molar-refractivity contribution in [1.82, 2.24) is 4.90 Å². The highest BCUT2D eigenvalue weighted by Crippen LogP contribution is 2.15. The quantitative estimate of drug-likeness (QED) is 0.622. The molecular weight excluding hydrogens is 227 g/mol. The van der Waals surface area contributed by atoms with Crippen molar-refractivity contribution in [1.29, 1.82) is 0 Å². The number of hydrogen-bond donors (Lipinski definition) is 1.